The van der Waals surface area contributed by atoms with Crippen molar-refractivity contribution < 1.29 is 19.1 Å². The number of nitrogens with one attached hydrogen (secondary N) is 2. The maximum absolute atomic E-state index is 12.1. The van der Waals surface area contributed by atoms with Gasteiger partial charge in [0.05, 0.1) is 12.7 Å². The quantitative estimate of drug-likeness (QED) is 0.465. The number of fused-ring (bicyclic) bond motifs is 1. The zero-order valence-electron chi connectivity index (χ0n) is 18.8. The molecule has 1 atom stereocenters. The Bertz CT molecular complexity index is 1050. The highest BCUT2D eigenvalue weighted by molar-refractivity contribution is 5.83. The molecular formula is C26H31N3O4. The van der Waals surface area contributed by atoms with Crippen LogP contribution in [-0.2, 0) is 32.0 Å². The number of carbonyl (C=O) groups excluding carboxylic acids is 2. The molecule has 174 valence electrons. The van der Waals surface area contributed by atoms with E-state index in [1.165, 1.54) is 16.5 Å². The lowest BCUT2D eigenvalue weighted by atomic mass is 10.1. The summed E-state index contributed by atoms with van der Waals surface area (Å²) in [6, 6.07) is 18.4. The standard InChI is InChI=1S/C26H31N3O4/c30-25(28-16-22-18-29(13-14-32-22)17-20-7-2-1-3-8-20)19-33-26(31)12-6-9-21-15-27-24-11-5-4-10-23(21)24/h1-5,7-8,10-11,15,22,27H,6,9,12-14,16-19H2,(H,28,30)/t22-/m1/s1. The van der Waals surface area contributed by atoms with Crippen LogP contribution in [0.2, 0.25) is 0 Å². The summed E-state index contributed by atoms with van der Waals surface area (Å²) in [4.78, 5) is 29.7. The number of carbonyl (C=O) groups is 2. The first-order chi connectivity index (χ1) is 16.2. The number of esters is 1. The van der Waals surface area contributed by atoms with E-state index in [1.54, 1.807) is 0 Å². The Morgan fingerprint density at radius 2 is 1.94 bits per heavy atom. The molecule has 7 heteroatoms. The van der Waals surface area contributed by atoms with Crippen molar-refractivity contribution in [2.45, 2.75) is 31.9 Å². The molecule has 33 heavy (non-hydrogen) atoms. The highest BCUT2D eigenvalue weighted by atomic mass is 16.5. The van der Waals surface area contributed by atoms with Crippen LogP contribution < -0.4 is 5.32 Å². The van der Waals surface area contributed by atoms with Crippen LogP contribution in [0.5, 0.6) is 0 Å². The molecule has 1 aliphatic rings. The van der Waals surface area contributed by atoms with Crippen molar-refractivity contribution >= 4 is 22.8 Å². The number of rotatable bonds is 10. The molecule has 1 amide bonds. The summed E-state index contributed by atoms with van der Waals surface area (Å²) in [7, 11) is 0. The number of para-hydroxylation sites is 1. The Kier molecular flexibility index (Phi) is 8.11. The zero-order valence-corrected chi connectivity index (χ0v) is 18.8. The van der Waals surface area contributed by atoms with E-state index < -0.39 is 0 Å². The van der Waals surface area contributed by atoms with Gasteiger partial charge in [-0.15, -0.1) is 0 Å². The normalized spacial score (nSPS) is 16.5. The van der Waals surface area contributed by atoms with Crippen molar-refractivity contribution in [2.24, 2.45) is 0 Å². The van der Waals surface area contributed by atoms with Crippen LogP contribution in [-0.4, -0.2) is 60.7 Å². The van der Waals surface area contributed by atoms with Crippen LogP contribution in [0.3, 0.4) is 0 Å². The van der Waals surface area contributed by atoms with Crippen molar-refractivity contribution in [1.29, 1.82) is 0 Å². The van der Waals surface area contributed by atoms with Gasteiger partial charge in [0.25, 0.3) is 5.91 Å². The van der Waals surface area contributed by atoms with E-state index in [0.29, 0.717) is 19.6 Å². The summed E-state index contributed by atoms with van der Waals surface area (Å²) in [5.74, 6) is -0.656. The van der Waals surface area contributed by atoms with Gasteiger partial charge in [-0.1, -0.05) is 48.5 Å². The van der Waals surface area contributed by atoms with Crippen LogP contribution in [0.1, 0.15) is 24.0 Å². The molecule has 1 aromatic heterocycles. The summed E-state index contributed by atoms with van der Waals surface area (Å²) in [6.07, 6.45) is 3.66. The van der Waals surface area contributed by atoms with Crippen LogP contribution in [0.25, 0.3) is 10.9 Å². The van der Waals surface area contributed by atoms with E-state index in [0.717, 1.165) is 31.6 Å². The lowest BCUT2D eigenvalue weighted by Gasteiger charge is -2.33. The lowest BCUT2D eigenvalue weighted by molar-refractivity contribution is -0.148. The third-order valence-electron chi connectivity index (χ3n) is 5.86. The number of H-pyrrole nitrogens is 1. The van der Waals surface area contributed by atoms with Gasteiger partial charge in [0, 0.05) is 49.7 Å². The molecule has 0 aliphatic carbocycles. The third-order valence-corrected chi connectivity index (χ3v) is 5.86. The van der Waals surface area contributed by atoms with E-state index >= 15 is 0 Å². The number of hydrogen-bond acceptors (Lipinski definition) is 5. The summed E-state index contributed by atoms with van der Waals surface area (Å²) in [5, 5.41) is 4.00. The van der Waals surface area contributed by atoms with Crippen LogP contribution in [0.4, 0.5) is 0 Å². The molecule has 7 nitrogen and oxygen atoms in total. The highest BCUT2D eigenvalue weighted by Crippen LogP contribution is 2.19. The SMILES string of the molecule is O=C(COC(=O)CCCc1c[nH]c2ccccc12)NC[C@@H]1CN(Cc2ccccc2)CCO1. The Labute approximate surface area is 194 Å². The number of hydrogen-bond donors (Lipinski definition) is 2. The van der Waals surface area contributed by atoms with Crippen molar-refractivity contribution in [3.05, 3.63) is 71.9 Å². The summed E-state index contributed by atoms with van der Waals surface area (Å²) in [5.41, 5.74) is 3.54. The minimum Gasteiger partial charge on any atom is -0.456 e. The van der Waals surface area contributed by atoms with E-state index in [2.05, 4.69) is 33.4 Å². The van der Waals surface area contributed by atoms with Crippen molar-refractivity contribution in [3.8, 4) is 0 Å². The molecular weight excluding hydrogens is 418 g/mol. The van der Waals surface area contributed by atoms with E-state index in [1.807, 2.05) is 42.6 Å². The first kappa shape index (κ1) is 23.0. The van der Waals surface area contributed by atoms with Gasteiger partial charge in [0.1, 0.15) is 0 Å². The predicted octanol–water partition coefficient (Wildman–Crippen LogP) is 3.05. The zero-order chi connectivity index (χ0) is 22.9. The van der Waals surface area contributed by atoms with E-state index in [4.69, 9.17) is 9.47 Å². The third kappa shape index (κ3) is 6.91. The summed E-state index contributed by atoms with van der Waals surface area (Å²) >= 11 is 0. The number of ether oxygens (including phenoxy) is 2. The fourth-order valence-electron chi connectivity index (χ4n) is 4.15. The number of aromatic amines is 1. The summed E-state index contributed by atoms with van der Waals surface area (Å²) < 4.78 is 10.9. The van der Waals surface area contributed by atoms with Crippen molar-refractivity contribution in [3.63, 3.8) is 0 Å². The molecule has 0 radical (unpaired) electrons. The molecule has 0 spiro atoms. The number of nitrogens with zero attached hydrogens (tertiary/aromatic N) is 1. The minimum absolute atomic E-state index is 0.0710. The molecule has 0 unspecified atom stereocenters. The first-order valence-corrected chi connectivity index (χ1v) is 11.5. The predicted molar refractivity (Wildman–Crippen MR) is 127 cm³/mol. The fraction of sp³-hybridized carbons (Fsp3) is 0.385. The number of amides is 1. The molecule has 1 saturated heterocycles. The van der Waals surface area contributed by atoms with Gasteiger partial charge in [0.2, 0.25) is 0 Å². The number of aryl methyl sites for hydroxylation is 1. The maximum Gasteiger partial charge on any atom is 0.306 e. The summed E-state index contributed by atoms with van der Waals surface area (Å²) in [6.45, 7) is 3.27. The van der Waals surface area contributed by atoms with Gasteiger partial charge in [-0.25, -0.2) is 0 Å². The second-order valence-corrected chi connectivity index (χ2v) is 8.39. The van der Waals surface area contributed by atoms with E-state index in [9.17, 15) is 9.59 Å². The van der Waals surface area contributed by atoms with Gasteiger partial charge in [-0.05, 0) is 30.0 Å². The molecule has 1 aliphatic heterocycles. The van der Waals surface area contributed by atoms with Crippen LogP contribution in [0.15, 0.2) is 60.8 Å². The molecule has 4 rings (SSSR count). The second kappa shape index (κ2) is 11.6. The van der Waals surface area contributed by atoms with Crippen molar-refractivity contribution in [1.82, 2.24) is 15.2 Å². The number of aromatic nitrogens is 1. The molecule has 2 heterocycles. The molecule has 0 saturated carbocycles. The Hall–Kier alpha value is -3.16. The topological polar surface area (TPSA) is 83.7 Å². The average Bonchev–Trinajstić information content (AvgIpc) is 3.25. The molecule has 2 aromatic carbocycles. The van der Waals surface area contributed by atoms with Crippen LogP contribution in [0, 0.1) is 0 Å². The number of morpholine rings is 1. The van der Waals surface area contributed by atoms with Gasteiger partial charge in [-0.3, -0.25) is 14.5 Å². The second-order valence-electron chi connectivity index (χ2n) is 8.39. The number of benzene rings is 2. The molecule has 2 N–H and O–H groups in total. The Balaban J connectivity index is 1.10. The Morgan fingerprint density at radius 3 is 2.82 bits per heavy atom. The van der Waals surface area contributed by atoms with Crippen molar-refractivity contribution in [2.75, 3.05) is 32.8 Å². The largest absolute Gasteiger partial charge is 0.456 e. The van der Waals surface area contributed by atoms with Gasteiger partial charge < -0.3 is 19.8 Å². The van der Waals surface area contributed by atoms with Gasteiger partial charge in [0.15, 0.2) is 6.61 Å². The molecule has 1 fully saturated rings. The lowest BCUT2D eigenvalue weighted by Crippen LogP contribution is -2.47. The highest BCUT2D eigenvalue weighted by Gasteiger charge is 2.21. The first-order valence-electron chi connectivity index (χ1n) is 11.5. The van der Waals surface area contributed by atoms with Gasteiger partial charge in [-0.2, -0.15) is 0 Å². The monoisotopic (exact) mass is 449 g/mol. The van der Waals surface area contributed by atoms with Crippen LogP contribution >= 0.6 is 0 Å². The maximum atomic E-state index is 12.1. The Morgan fingerprint density at radius 1 is 1.12 bits per heavy atom. The molecule has 3 aromatic rings. The molecule has 0 bridgehead atoms. The smallest absolute Gasteiger partial charge is 0.306 e. The average molecular weight is 450 g/mol. The fourth-order valence-corrected chi connectivity index (χ4v) is 4.15. The minimum atomic E-state index is -0.354. The van der Waals surface area contributed by atoms with Gasteiger partial charge >= 0.3 is 5.97 Å². The van der Waals surface area contributed by atoms with E-state index in [-0.39, 0.29) is 31.0 Å².